The summed E-state index contributed by atoms with van der Waals surface area (Å²) in [6.45, 7) is 0. The van der Waals surface area contributed by atoms with Gasteiger partial charge in [0.2, 0.25) is 0 Å². The minimum Gasteiger partial charge on any atom is -0.272 e. The van der Waals surface area contributed by atoms with Gasteiger partial charge in [-0.25, -0.2) is 0 Å². The van der Waals surface area contributed by atoms with Crippen LogP contribution in [0, 0.1) is 10.1 Å². The lowest BCUT2D eigenvalue weighted by atomic mass is 10.1. The van der Waals surface area contributed by atoms with Gasteiger partial charge in [0.15, 0.2) is 0 Å². The van der Waals surface area contributed by atoms with Crippen molar-refractivity contribution in [2.24, 2.45) is 5.10 Å². The number of nitro benzene ring substituents is 1. The van der Waals surface area contributed by atoms with Crippen molar-refractivity contribution in [3.8, 4) is 0 Å². The molecular weight excluding hydrogens is 343 g/mol. The van der Waals surface area contributed by atoms with E-state index in [1.165, 1.54) is 17.6 Å². The number of benzene rings is 1. The van der Waals surface area contributed by atoms with Crippen LogP contribution in [-0.2, 0) is 6.18 Å². The summed E-state index contributed by atoms with van der Waals surface area (Å²) in [5, 5.41) is 14.6. The van der Waals surface area contributed by atoms with Crippen molar-refractivity contribution in [3.63, 3.8) is 0 Å². The molecule has 0 radical (unpaired) electrons. The Balaban J connectivity index is 2.23. The van der Waals surface area contributed by atoms with E-state index in [1.54, 1.807) is 12.1 Å². The smallest absolute Gasteiger partial charge is 0.272 e. The molecule has 0 amide bonds. The van der Waals surface area contributed by atoms with E-state index in [2.05, 4.69) is 10.5 Å². The molecule has 0 atom stereocenters. The van der Waals surface area contributed by atoms with Gasteiger partial charge in [0.25, 0.3) is 5.69 Å². The summed E-state index contributed by atoms with van der Waals surface area (Å²) in [5.41, 5.74) is 0.403. The van der Waals surface area contributed by atoms with Gasteiger partial charge in [-0.2, -0.15) is 18.3 Å². The number of nitrogens with zero attached hydrogens (tertiary/aromatic N) is 2. The summed E-state index contributed by atoms with van der Waals surface area (Å²) in [7, 11) is 0. The first-order valence-electron chi connectivity index (χ1n) is 5.67. The number of halogens is 4. The molecule has 2 aromatic rings. The summed E-state index contributed by atoms with van der Waals surface area (Å²) in [6.07, 6.45) is -3.29. The van der Waals surface area contributed by atoms with Crippen molar-refractivity contribution < 1.29 is 18.1 Å². The van der Waals surface area contributed by atoms with E-state index in [9.17, 15) is 23.3 Å². The molecule has 5 nitrogen and oxygen atoms in total. The minimum atomic E-state index is -4.65. The highest BCUT2D eigenvalue weighted by Crippen LogP contribution is 2.34. The molecule has 10 heteroatoms. The third-order valence-electron chi connectivity index (χ3n) is 2.49. The number of thiophene rings is 1. The first-order valence-corrected chi connectivity index (χ1v) is 6.87. The summed E-state index contributed by atoms with van der Waals surface area (Å²) < 4.78 is 38.2. The molecule has 0 saturated heterocycles. The molecule has 0 aliphatic rings. The number of rotatable bonds is 4. The van der Waals surface area contributed by atoms with Crippen LogP contribution in [0.25, 0.3) is 0 Å². The Morgan fingerprint density at radius 3 is 2.59 bits per heavy atom. The zero-order valence-corrected chi connectivity index (χ0v) is 12.2. The van der Waals surface area contributed by atoms with Crippen LogP contribution >= 0.6 is 22.9 Å². The molecule has 0 fully saturated rings. The van der Waals surface area contributed by atoms with Gasteiger partial charge in [-0.3, -0.25) is 15.5 Å². The maximum atomic E-state index is 12.6. The van der Waals surface area contributed by atoms with Gasteiger partial charge in [0, 0.05) is 10.9 Å². The first kappa shape index (κ1) is 16.2. The number of hydrazone groups is 1. The van der Waals surface area contributed by atoms with Crippen LogP contribution < -0.4 is 5.43 Å². The lowest BCUT2D eigenvalue weighted by Crippen LogP contribution is -2.06. The van der Waals surface area contributed by atoms with E-state index >= 15 is 0 Å². The van der Waals surface area contributed by atoms with E-state index in [0.717, 1.165) is 12.1 Å². The number of hydrogen-bond acceptors (Lipinski definition) is 5. The molecule has 22 heavy (non-hydrogen) atoms. The third kappa shape index (κ3) is 3.95. The second-order valence-corrected chi connectivity index (χ2v) is 5.75. The van der Waals surface area contributed by atoms with E-state index in [1.807, 2.05) is 0 Å². The van der Waals surface area contributed by atoms with Crippen molar-refractivity contribution in [1.82, 2.24) is 0 Å². The molecule has 1 heterocycles. The predicted octanol–water partition coefficient (Wildman–Crippen LogP) is 4.77. The lowest BCUT2D eigenvalue weighted by Gasteiger charge is -2.08. The molecule has 1 N–H and O–H groups in total. The first-order chi connectivity index (χ1) is 10.3. The van der Waals surface area contributed by atoms with Crippen LogP contribution in [0.5, 0.6) is 0 Å². The van der Waals surface area contributed by atoms with Crippen molar-refractivity contribution in [3.05, 3.63) is 55.2 Å². The highest BCUT2D eigenvalue weighted by Gasteiger charge is 2.33. The Morgan fingerprint density at radius 1 is 1.32 bits per heavy atom. The second-order valence-electron chi connectivity index (χ2n) is 4.00. The van der Waals surface area contributed by atoms with E-state index < -0.39 is 22.4 Å². The Labute approximate surface area is 131 Å². The molecule has 116 valence electrons. The van der Waals surface area contributed by atoms with Gasteiger partial charge >= 0.3 is 6.18 Å². The molecule has 0 aliphatic heterocycles. The van der Waals surface area contributed by atoms with Crippen LogP contribution in [-0.4, -0.2) is 11.1 Å². The number of nitro groups is 1. The Hall–Kier alpha value is -2.13. The number of nitrogens with one attached hydrogen (secondary N) is 1. The van der Waals surface area contributed by atoms with Gasteiger partial charge in [0.1, 0.15) is 5.69 Å². The number of anilines is 1. The largest absolute Gasteiger partial charge is 0.416 e. The van der Waals surface area contributed by atoms with E-state index in [-0.39, 0.29) is 5.69 Å². The fourth-order valence-corrected chi connectivity index (χ4v) is 2.45. The van der Waals surface area contributed by atoms with Gasteiger partial charge < -0.3 is 0 Å². The van der Waals surface area contributed by atoms with Crippen LogP contribution in [0.1, 0.15) is 10.4 Å². The van der Waals surface area contributed by atoms with Crippen LogP contribution in [0.3, 0.4) is 0 Å². The molecular formula is C12H7ClF3N3O2S. The highest BCUT2D eigenvalue weighted by atomic mass is 35.5. The molecule has 1 aromatic carbocycles. The SMILES string of the molecule is O=[N+]([O-])c1cc(C(F)(F)F)ccc1N/N=C\c1ccc(Cl)s1. The molecule has 0 aliphatic carbocycles. The standard InChI is InChI=1S/C12H7ClF3N3O2S/c13-11-4-2-8(22-11)6-17-18-9-3-1-7(12(14,15)16)5-10(9)19(20)21/h1-6,18H/b17-6-. The Morgan fingerprint density at radius 2 is 2.05 bits per heavy atom. The van der Waals surface area contributed by atoms with Crippen LogP contribution in [0.2, 0.25) is 4.34 Å². The summed E-state index contributed by atoms with van der Waals surface area (Å²) in [5.74, 6) is 0. The Kier molecular flexibility index (Phi) is 4.67. The topological polar surface area (TPSA) is 67.5 Å². The third-order valence-corrected chi connectivity index (χ3v) is 3.66. The Bertz CT molecular complexity index is 731. The maximum absolute atomic E-state index is 12.6. The normalized spacial score (nSPS) is 11.8. The maximum Gasteiger partial charge on any atom is 0.416 e. The van der Waals surface area contributed by atoms with Crippen molar-refractivity contribution in [1.29, 1.82) is 0 Å². The van der Waals surface area contributed by atoms with Crippen molar-refractivity contribution in [2.45, 2.75) is 6.18 Å². The predicted molar refractivity (Wildman–Crippen MR) is 78.6 cm³/mol. The average molecular weight is 350 g/mol. The van der Waals surface area contributed by atoms with Gasteiger partial charge in [-0.15, -0.1) is 11.3 Å². The fourth-order valence-electron chi connectivity index (χ4n) is 1.52. The highest BCUT2D eigenvalue weighted by molar-refractivity contribution is 7.17. The van der Waals surface area contributed by atoms with Gasteiger partial charge in [-0.05, 0) is 24.3 Å². The number of alkyl halides is 3. The van der Waals surface area contributed by atoms with Crippen molar-refractivity contribution >= 4 is 40.5 Å². The van der Waals surface area contributed by atoms with Crippen LogP contribution in [0.4, 0.5) is 24.5 Å². The van der Waals surface area contributed by atoms with Gasteiger partial charge in [0.05, 0.1) is 21.0 Å². The molecule has 1 aromatic heterocycles. The zero-order chi connectivity index (χ0) is 16.3. The minimum absolute atomic E-state index is 0.142. The van der Waals surface area contributed by atoms with Gasteiger partial charge in [-0.1, -0.05) is 11.6 Å². The molecule has 0 unspecified atom stereocenters. The summed E-state index contributed by atoms with van der Waals surface area (Å²) in [4.78, 5) is 10.6. The summed E-state index contributed by atoms with van der Waals surface area (Å²) in [6, 6.07) is 5.49. The average Bonchev–Trinajstić information content (AvgIpc) is 2.83. The molecule has 0 bridgehead atoms. The zero-order valence-electron chi connectivity index (χ0n) is 10.6. The van der Waals surface area contributed by atoms with Crippen LogP contribution in [0.15, 0.2) is 35.4 Å². The lowest BCUT2D eigenvalue weighted by molar-refractivity contribution is -0.384. The monoisotopic (exact) mass is 349 g/mol. The molecule has 0 saturated carbocycles. The number of hydrogen-bond donors (Lipinski definition) is 1. The molecule has 2 rings (SSSR count). The van der Waals surface area contributed by atoms with Crippen molar-refractivity contribution in [2.75, 3.05) is 5.43 Å². The summed E-state index contributed by atoms with van der Waals surface area (Å²) >= 11 is 6.96. The fraction of sp³-hybridized carbons (Fsp3) is 0.0833. The van der Waals surface area contributed by atoms with E-state index in [4.69, 9.17) is 11.6 Å². The quantitative estimate of drug-likeness (QED) is 0.491. The second kappa shape index (κ2) is 6.32. The van der Waals surface area contributed by atoms with E-state index in [0.29, 0.717) is 15.3 Å². The molecule has 0 spiro atoms.